The van der Waals surface area contributed by atoms with E-state index in [1.54, 1.807) is 0 Å². The summed E-state index contributed by atoms with van der Waals surface area (Å²) in [5, 5.41) is 0. The van der Waals surface area contributed by atoms with E-state index in [0.29, 0.717) is 5.41 Å². The molecule has 1 aliphatic heterocycles. The van der Waals surface area contributed by atoms with Crippen LogP contribution >= 0.6 is 0 Å². The fourth-order valence-corrected chi connectivity index (χ4v) is 4.09. The van der Waals surface area contributed by atoms with E-state index >= 15 is 0 Å². The summed E-state index contributed by atoms with van der Waals surface area (Å²) in [4.78, 5) is 0. The molecule has 98 valence electrons. The molecule has 2 bridgehead atoms. The van der Waals surface area contributed by atoms with Crippen LogP contribution in [0.3, 0.4) is 0 Å². The lowest BCUT2D eigenvalue weighted by molar-refractivity contribution is -0.153. The summed E-state index contributed by atoms with van der Waals surface area (Å²) in [7, 11) is 0. The van der Waals surface area contributed by atoms with Crippen molar-refractivity contribution in [1.29, 1.82) is 0 Å². The first-order valence-electron chi connectivity index (χ1n) is 7.38. The summed E-state index contributed by atoms with van der Waals surface area (Å²) in [6.45, 7) is 8.45. The Balaban J connectivity index is 1.41. The van der Waals surface area contributed by atoms with Crippen molar-refractivity contribution in [2.45, 2.75) is 39.5 Å². The summed E-state index contributed by atoms with van der Waals surface area (Å²) < 4.78 is 11.4. The van der Waals surface area contributed by atoms with Crippen LogP contribution in [-0.4, -0.2) is 26.4 Å². The second-order valence-electron chi connectivity index (χ2n) is 6.83. The van der Waals surface area contributed by atoms with Gasteiger partial charge in [-0.05, 0) is 49.4 Å². The molecular weight excluding hydrogens is 212 g/mol. The highest BCUT2D eigenvalue weighted by Crippen LogP contribution is 2.51. The molecule has 0 amide bonds. The Kier molecular flexibility index (Phi) is 3.20. The van der Waals surface area contributed by atoms with Crippen LogP contribution in [0.4, 0.5) is 0 Å². The van der Waals surface area contributed by atoms with Gasteiger partial charge in [0.15, 0.2) is 0 Å². The topological polar surface area (TPSA) is 18.5 Å². The van der Waals surface area contributed by atoms with E-state index in [4.69, 9.17) is 9.47 Å². The third-order valence-electron chi connectivity index (χ3n) is 5.66. The Morgan fingerprint density at radius 1 is 1.18 bits per heavy atom. The van der Waals surface area contributed by atoms with Gasteiger partial charge in [0.05, 0.1) is 19.8 Å². The van der Waals surface area contributed by atoms with E-state index in [1.165, 1.54) is 25.7 Å². The monoisotopic (exact) mass is 238 g/mol. The van der Waals surface area contributed by atoms with Crippen molar-refractivity contribution in [3.63, 3.8) is 0 Å². The molecule has 4 unspecified atom stereocenters. The van der Waals surface area contributed by atoms with Gasteiger partial charge in [-0.1, -0.05) is 13.8 Å². The maximum Gasteiger partial charge on any atom is 0.0566 e. The lowest BCUT2D eigenvalue weighted by atomic mass is 9.83. The maximum atomic E-state index is 6.02. The minimum Gasteiger partial charge on any atom is -0.380 e. The first-order valence-corrected chi connectivity index (χ1v) is 7.38. The minimum atomic E-state index is 0.366. The Bertz CT molecular complexity index is 265. The standard InChI is InChI=1S/C15H26O2/c1-3-15(9-17-10-15)8-16-7-14-6-12-5-13(14)4-11(12)2/h11-14H,3-10H2,1-2H3. The highest BCUT2D eigenvalue weighted by Gasteiger charge is 2.44. The third-order valence-corrected chi connectivity index (χ3v) is 5.66. The van der Waals surface area contributed by atoms with E-state index in [1.807, 2.05) is 0 Å². The molecule has 3 rings (SSSR count). The molecule has 2 aliphatic carbocycles. The van der Waals surface area contributed by atoms with E-state index in [2.05, 4.69) is 13.8 Å². The molecule has 0 aromatic rings. The molecule has 0 radical (unpaired) electrons. The van der Waals surface area contributed by atoms with Crippen LogP contribution in [0.5, 0.6) is 0 Å². The van der Waals surface area contributed by atoms with Crippen LogP contribution in [0, 0.1) is 29.1 Å². The predicted molar refractivity (Wildman–Crippen MR) is 67.8 cm³/mol. The van der Waals surface area contributed by atoms with Gasteiger partial charge >= 0.3 is 0 Å². The first-order chi connectivity index (χ1) is 8.22. The SMILES string of the molecule is CCC1(COCC2CC3CC2CC3C)COC1. The molecule has 0 aromatic carbocycles. The van der Waals surface area contributed by atoms with Gasteiger partial charge in [0.2, 0.25) is 0 Å². The average molecular weight is 238 g/mol. The van der Waals surface area contributed by atoms with Crippen molar-refractivity contribution in [3.05, 3.63) is 0 Å². The van der Waals surface area contributed by atoms with E-state index < -0.39 is 0 Å². The molecule has 1 heterocycles. The normalized spacial score (nSPS) is 42.7. The average Bonchev–Trinajstić information content (AvgIpc) is 2.81. The molecule has 0 spiro atoms. The first kappa shape index (κ1) is 12.0. The Morgan fingerprint density at radius 3 is 2.47 bits per heavy atom. The third kappa shape index (κ3) is 2.15. The molecule has 3 aliphatic rings. The molecule has 1 saturated heterocycles. The molecule has 3 fully saturated rings. The summed E-state index contributed by atoms with van der Waals surface area (Å²) in [5.74, 6) is 3.84. The second kappa shape index (κ2) is 4.55. The van der Waals surface area contributed by atoms with Gasteiger partial charge in [-0.25, -0.2) is 0 Å². The zero-order valence-electron chi connectivity index (χ0n) is 11.3. The summed E-state index contributed by atoms with van der Waals surface area (Å²) in [6.07, 6.45) is 5.57. The number of ether oxygens (including phenoxy) is 2. The number of fused-ring (bicyclic) bond motifs is 2. The molecule has 4 atom stereocenters. The van der Waals surface area contributed by atoms with Crippen LogP contribution in [0.25, 0.3) is 0 Å². The van der Waals surface area contributed by atoms with Gasteiger partial charge < -0.3 is 9.47 Å². The number of hydrogen-bond donors (Lipinski definition) is 0. The van der Waals surface area contributed by atoms with E-state index in [9.17, 15) is 0 Å². The van der Waals surface area contributed by atoms with Crippen molar-refractivity contribution in [1.82, 2.24) is 0 Å². The Hall–Kier alpha value is -0.0800. The quantitative estimate of drug-likeness (QED) is 0.732. The van der Waals surface area contributed by atoms with Crippen LogP contribution < -0.4 is 0 Å². The van der Waals surface area contributed by atoms with Crippen molar-refractivity contribution in [2.75, 3.05) is 26.4 Å². The summed E-state index contributed by atoms with van der Waals surface area (Å²) >= 11 is 0. The van der Waals surface area contributed by atoms with Crippen molar-refractivity contribution >= 4 is 0 Å². The summed E-state index contributed by atoms with van der Waals surface area (Å²) in [6, 6.07) is 0. The van der Waals surface area contributed by atoms with Gasteiger partial charge in [-0.2, -0.15) is 0 Å². The van der Waals surface area contributed by atoms with Gasteiger partial charge in [0.25, 0.3) is 0 Å². The Labute approximate surface area is 105 Å². The molecule has 17 heavy (non-hydrogen) atoms. The minimum absolute atomic E-state index is 0.366. The van der Waals surface area contributed by atoms with Crippen molar-refractivity contribution in [3.8, 4) is 0 Å². The maximum absolute atomic E-state index is 6.02. The molecule has 0 N–H and O–H groups in total. The largest absolute Gasteiger partial charge is 0.380 e. The second-order valence-corrected chi connectivity index (χ2v) is 6.83. The zero-order valence-corrected chi connectivity index (χ0v) is 11.3. The van der Waals surface area contributed by atoms with Gasteiger partial charge in [-0.15, -0.1) is 0 Å². The Morgan fingerprint density at radius 2 is 2.00 bits per heavy atom. The van der Waals surface area contributed by atoms with Crippen LogP contribution in [0.15, 0.2) is 0 Å². The summed E-state index contributed by atoms with van der Waals surface area (Å²) in [5.41, 5.74) is 0.366. The number of rotatable bonds is 5. The molecular formula is C15H26O2. The number of hydrogen-bond acceptors (Lipinski definition) is 2. The van der Waals surface area contributed by atoms with E-state index in [-0.39, 0.29) is 0 Å². The highest BCUT2D eigenvalue weighted by molar-refractivity contribution is 4.93. The molecule has 2 nitrogen and oxygen atoms in total. The smallest absolute Gasteiger partial charge is 0.0566 e. The van der Waals surface area contributed by atoms with Crippen molar-refractivity contribution in [2.24, 2.45) is 29.1 Å². The van der Waals surface area contributed by atoms with Gasteiger partial charge in [0.1, 0.15) is 0 Å². The predicted octanol–water partition coefficient (Wildman–Crippen LogP) is 3.11. The van der Waals surface area contributed by atoms with Crippen LogP contribution in [0.1, 0.15) is 39.5 Å². The van der Waals surface area contributed by atoms with Crippen LogP contribution in [-0.2, 0) is 9.47 Å². The fraction of sp³-hybridized carbons (Fsp3) is 1.00. The van der Waals surface area contributed by atoms with Gasteiger partial charge in [0, 0.05) is 12.0 Å². The highest BCUT2D eigenvalue weighted by atomic mass is 16.5. The van der Waals surface area contributed by atoms with E-state index in [0.717, 1.165) is 50.1 Å². The van der Waals surface area contributed by atoms with Crippen LogP contribution in [0.2, 0.25) is 0 Å². The zero-order chi connectivity index (χ0) is 11.9. The molecule has 0 aromatic heterocycles. The molecule has 2 saturated carbocycles. The lowest BCUT2D eigenvalue weighted by Gasteiger charge is -2.40. The fourth-order valence-electron chi connectivity index (χ4n) is 4.09. The van der Waals surface area contributed by atoms with Gasteiger partial charge in [-0.3, -0.25) is 0 Å². The molecule has 2 heteroatoms. The van der Waals surface area contributed by atoms with Crippen molar-refractivity contribution < 1.29 is 9.47 Å². The lowest BCUT2D eigenvalue weighted by Crippen LogP contribution is -2.46.